The highest BCUT2D eigenvalue weighted by Gasteiger charge is 2.12. The Hall–Kier alpha value is -1.79. The Labute approximate surface area is 96.0 Å². The molecular formula is C13H16N2O. The van der Waals surface area contributed by atoms with Crippen molar-refractivity contribution < 1.29 is 4.79 Å². The number of hydrogen-bond donors (Lipinski definition) is 2. The molecule has 0 aliphatic rings. The zero-order valence-electron chi connectivity index (χ0n) is 9.15. The van der Waals surface area contributed by atoms with Gasteiger partial charge in [-0.2, -0.15) is 0 Å². The maximum absolute atomic E-state index is 11.5. The molecule has 0 fully saturated rings. The number of terminal acetylenes is 1. The van der Waals surface area contributed by atoms with Crippen molar-refractivity contribution in [2.45, 2.75) is 18.9 Å². The van der Waals surface area contributed by atoms with Crippen LogP contribution < -0.4 is 11.1 Å². The highest BCUT2D eigenvalue weighted by Crippen LogP contribution is 2.01. The second-order valence-electron chi connectivity index (χ2n) is 3.54. The second kappa shape index (κ2) is 6.65. The van der Waals surface area contributed by atoms with Gasteiger partial charge >= 0.3 is 0 Å². The van der Waals surface area contributed by atoms with E-state index in [4.69, 9.17) is 12.2 Å². The largest absolute Gasteiger partial charge is 0.354 e. The van der Waals surface area contributed by atoms with Crippen molar-refractivity contribution in [3.63, 3.8) is 0 Å². The van der Waals surface area contributed by atoms with E-state index in [-0.39, 0.29) is 5.91 Å². The van der Waals surface area contributed by atoms with Crippen molar-refractivity contribution >= 4 is 5.91 Å². The average Bonchev–Trinajstić information content (AvgIpc) is 2.30. The van der Waals surface area contributed by atoms with Gasteiger partial charge in [0.2, 0.25) is 5.91 Å². The minimum absolute atomic E-state index is 0.154. The fraction of sp³-hybridized carbons (Fsp3) is 0.308. The van der Waals surface area contributed by atoms with Crippen molar-refractivity contribution in [1.29, 1.82) is 0 Å². The Kier molecular flexibility index (Phi) is 5.10. The van der Waals surface area contributed by atoms with Crippen molar-refractivity contribution in [2.75, 3.05) is 6.54 Å². The van der Waals surface area contributed by atoms with Gasteiger partial charge in [-0.1, -0.05) is 30.3 Å². The number of benzene rings is 1. The third kappa shape index (κ3) is 4.16. The molecule has 0 spiro atoms. The highest BCUT2D eigenvalue weighted by atomic mass is 16.2. The molecule has 0 saturated heterocycles. The second-order valence-corrected chi connectivity index (χ2v) is 3.54. The van der Waals surface area contributed by atoms with Crippen molar-refractivity contribution in [3.8, 4) is 12.3 Å². The van der Waals surface area contributed by atoms with Gasteiger partial charge in [-0.15, -0.1) is 12.3 Å². The predicted molar refractivity (Wildman–Crippen MR) is 64.6 cm³/mol. The maximum atomic E-state index is 11.5. The van der Waals surface area contributed by atoms with E-state index in [9.17, 15) is 4.79 Å². The van der Waals surface area contributed by atoms with Gasteiger partial charge < -0.3 is 11.1 Å². The lowest BCUT2D eigenvalue weighted by molar-refractivity contribution is -0.122. The maximum Gasteiger partial charge on any atom is 0.237 e. The van der Waals surface area contributed by atoms with Crippen molar-refractivity contribution in [2.24, 2.45) is 5.73 Å². The van der Waals surface area contributed by atoms with Gasteiger partial charge in [-0.3, -0.25) is 4.79 Å². The summed E-state index contributed by atoms with van der Waals surface area (Å²) >= 11 is 0. The molecule has 1 aromatic rings. The van der Waals surface area contributed by atoms with Crippen LogP contribution >= 0.6 is 0 Å². The first-order valence-electron chi connectivity index (χ1n) is 5.24. The van der Waals surface area contributed by atoms with Crippen LogP contribution in [0.4, 0.5) is 0 Å². The van der Waals surface area contributed by atoms with E-state index < -0.39 is 6.04 Å². The van der Waals surface area contributed by atoms with Crippen molar-refractivity contribution in [1.82, 2.24) is 5.32 Å². The Balaban J connectivity index is 2.38. The molecule has 0 unspecified atom stereocenters. The van der Waals surface area contributed by atoms with Crippen LogP contribution in [0, 0.1) is 12.3 Å². The van der Waals surface area contributed by atoms with Crippen LogP contribution in [0.1, 0.15) is 12.0 Å². The third-order valence-electron chi connectivity index (χ3n) is 2.20. The van der Waals surface area contributed by atoms with Crippen LogP contribution in [0.3, 0.4) is 0 Å². The first kappa shape index (κ1) is 12.3. The summed E-state index contributed by atoms with van der Waals surface area (Å²) < 4.78 is 0. The lowest BCUT2D eigenvalue weighted by Crippen LogP contribution is -2.42. The summed E-state index contributed by atoms with van der Waals surface area (Å²) in [6.45, 7) is 0.484. The van der Waals surface area contributed by atoms with E-state index in [1.807, 2.05) is 30.3 Å². The van der Waals surface area contributed by atoms with E-state index in [1.54, 1.807) is 0 Å². The van der Waals surface area contributed by atoms with E-state index in [0.29, 0.717) is 19.4 Å². The van der Waals surface area contributed by atoms with Gasteiger partial charge in [0.05, 0.1) is 6.04 Å². The molecular weight excluding hydrogens is 200 g/mol. The third-order valence-corrected chi connectivity index (χ3v) is 2.20. The number of rotatable bonds is 5. The summed E-state index contributed by atoms with van der Waals surface area (Å²) in [4.78, 5) is 11.5. The summed E-state index contributed by atoms with van der Waals surface area (Å²) in [5, 5.41) is 2.70. The Morgan fingerprint density at radius 2 is 2.12 bits per heavy atom. The number of nitrogens with one attached hydrogen (secondary N) is 1. The summed E-state index contributed by atoms with van der Waals surface area (Å²) in [5.41, 5.74) is 6.83. The molecule has 16 heavy (non-hydrogen) atoms. The SMILES string of the molecule is C#CCCNC(=O)[C@@H](N)Cc1ccccc1. The molecule has 84 valence electrons. The van der Waals surface area contributed by atoms with Crippen LogP contribution in [-0.2, 0) is 11.2 Å². The minimum atomic E-state index is -0.514. The summed E-state index contributed by atoms with van der Waals surface area (Å²) in [6, 6.07) is 9.18. The molecule has 1 aromatic carbocycles. The number of carbonyl (C=O) groups excluding carboxylic acids is 1. The number of hydrogen-bond acceptors (Lipinski definition) is 2. The molecule has 3 N–H and O–H groups in total. The molecule has 0 radical (unpaired) electrons. The number of amides is 1. The zero-order chi connectivity index (χ0) is 11.8. The average molecular weight is 216 g/mol. The zero-order valence-corrected chi connectivity index (χ0v) is 9.15. The fourth-order valence-corrected chi connectivity index (χ4v) is 1.35. The highest BCUT2D eigenvalue weighted by molar-refractivity contribution is 5.81. The van der Waals surface area contributed by atoms with Gasteiger partial charge in [0.25, 0.3) is 0 Å². The van der Waals surface area contributed by atoms with Crippen LogP contribution in [-0.4, -0.2) is 18.5 Å². The molecule has 3 nitrogen and oxygen atoms in total. The normalized spacial score (nSPS) is 11.5. The first-order valence-corrected chi connectivity index (χ1v) is 5.24. The fourth-order valence-electron chi connectivity index (χ4n) is 1.35. The molecule has 0 aromatic heterocycles. The summed E-state index contributed by atoms with van der Waals surface area (Å²) in [5.74, 6) is 2.30. The van der Waals surface area contributed by atoms with Crippen molar-refractivity contribution in [3.05, 3.63) is 35.9 Å². The topological polar surface area (TPSA) is 55.1 Å². The molecule has 0 saturated carbocycles. The minimum Gasteiger partial charge on any atom is -0.354 e. The predicted octanol–water partition coefficient (Wildman–Crippen LogP) is 0.696. The molecule has 1 amide bonds. The smallest absolute Gasteiger partial charge is 0.237 e. The molecule has 3 heteroatoms. The Morgan fingerprint density at radius 1 is 1.44 bits per heavy atom. The standard InChI is InChI=1S/C13H16N2O/c1-2-3-9-15-13(16)12(14)10-11-7-5-4-6-8-11/h1,4-8,12H,3,9-10,14H2,(H,15,16)/t12-/m0/s1. The van der Waals surface area contributed by atoms with Gasteiger partial charge in [-0.25, -0.2) is 0 Å². The molecule has 0 heterocycles. The monoisotopic (exact) mass is 216 g/mol. The van der Waals surface area contributed by atoms with E-state index in [1.165, 1.54) is 0 Å². The van der Waals surface area contributed by atoms with Gasteiger partial charge in [0.1, 0.15) is 0 Å². The van der Waals surface area contributed by atoms with Gasteiger partial charge in [0.15, 0.2) is 0 Å². The van der Waals surface area contributed by atoms with E-state index >= 15 is 0 Å². The summed E-state index contributed by atoms with van der Waals surface area (Å²) in [6.07, 6.45) is 6.16. The van der Waals surface area contributed by atoms with Crippen LogP contribution in [0.2, 0.25) is 0 Å². The Bertz CT molecular complexity index is 367. The number of carbonyl (C=O) groups is 1. The lowest BCUT2D eigenvalue weighted by atomic mass is 10.1. The van der Waals surface area contributed by atoms with Gasteiger partial charge in [-0.05, 0) is 12.0 Å². The lowest BCUT2D eigenvalue weighted by Gasteiger charge is -2.11. The van der Waals surface area contributed by atoms with Crippen LogP contribution in [0.15, 0.2) is 30.3 Å². The molecule has 1 atom stereocenters. The van der Waals surface area contributed by atoms with Crippen LogP contribution in [0.25, 0.3) is 0 Å². The quantitative estimate of drug-likeness (QED) is 0.562. The molecule has 0 bridgehead atoms. The van der Waals surface area contributed by atoms with E-state index in [2.05, 4.69) is 11.2 Å². The molecule has 1 rings (SSSR count). The summed E-state index contributed by atoms with van der Waals surface area (Å²) in [7, 11) is 0. The molecule has 0 aliphatic carbocycles. The van der Waals surface area contributed by atoms with E-state index in [0.717, 1.165) is 5.56 Å². The molecule has 0 aliphatic heterocycles. The Morgan fingerprint density at radius 3 is 2.75 bits per heavy atom. The number of nitrogens with two attached hydrogens (primary N) is 1. The first-order chi connectivity index (χ1) is 7.74. The van der Waals surface area contributed by atoms with Crippen LogP contribution in [0.5, 0.6) is 0 Å². The van der Waals surface area contributed by atoms with Gasteiger partial charge in [0, 0.05) is 13.0 Å².